The van der Waals surface area contributed by atoms with Crippen molar-refractivity contribution in [3.63, 3.8) is 0 Å². The van der Waals surface area contributed by atoms with Crippen LogP contribution in [0.25, 0.3) is 0 Å². The molecule has 0 aliphatic heterocycles. The van der Waals surface area contributed by atoms with Gasteiger partial charge in [0.05, 0.1) is 11.4 Å². The summed E-state index contributed by atoms with van der Waals surface area (Å²) in [6, 6.07) is 10.4. The van der Waals surface area contributed by atoms with E-state index < -0.39 is 27.7 Å². The van der Waals surface area contributed by atoms with Crippen molar-refractivity contribution >= 4 is 44.0 Å². The maximum atomic E-state index is 12.9. The van der Waals surface area contributed by atoms with Gasteiger partial charge in [-0.05, 0) is 48.5 Å². The SMILES string of the molecule is O=C(CNC(=O)c1ccc(F)cc1)Nc1ccc(S(=O)(=O)Nc2nccs2)cc1. The molecule has 2 aromatic carbocycles. The van der Waals surface area contributed by atoms with Crippen molar-refractivity contribution in [3.05, 3.63) is 71.5 Å². The number of hydrogen-bond acceptors (Lipinski definition) is 6. The molecule has 0 aliphatic carbocycles. The standard InChI is InChI=1S/C18H15FN4O4S2/c19-13-3-1-12(2-4-13)17(25)21-11-16(24)22-14-5-7-15(8-6-14)29(26,27)23-18-20-9-10-28-18/h1-10H,11H2,(H,20,23)(H,21,25)(H,22,24). The number of halogens is 1. The molecule has 0 unspecified atom stereocenters. The summed E-state index contributed by atoms with van der Waals surface area (Å²) >= 11 is 1.15. The van der Waals surface area contributed by atoms with Crippen LogP contribution in [0.2, 0.25) is 0 Å². The normalized spacial score (nSPS) is 10.9. The summed E-state index contributed by atoms with van der Waals surface area (Å²) in [6.07, 6.45) is 1.48. The fraction of sp³-hybridized carbons (Fsp3) is 0.0556. The van der Waals surface area contributed by atoms with Gasteiger partial charge in [-0.15, -0.1) is 11.3 Å². The third kappa shape index (κ3) is 5.59. The van der Waals surface area contributed by atoms with Crippen LogP contribution in [-0.4, -0.2) is 31.8 Å². The maximum Gasteiger partial charge on any atom is 0.263 e. The lowest BCUT2D eigenvalue weighted by Crippen LogP contribution is -2.32. The van der Waals surface area contributed by atoms with Crippen LogP contribution < -0.4 is 15.4 Å². The van der Waals surface area contributed by atoms with Crippen LogP contribution in [0.15, 0.2) is 65.0 Å². The average Bonchev–Trinajstić information content (AvgIpc) is 3.19. The van der Waals surface area contributed by atoms with E-state index in [1.807, 2.05) is 0 Å². The van der Waals surface area contributed by atoms with Gasteiger partial charge in [-0.3, -0.25) is 14.3 Å². The molecule has 3 aromatic rings. The van der Waals surface area contributed by atoms with Crippen molar-refractivity contribution < 1.29 is 22.4 Å². The van der Waals surface area contributed by atoms with Crippen molar-refractivity contribution in [1.82, 2.24) is 10.3 Å². The van der Waals surface area contributed by atoms with Gasteiger partial charge < -0.3 is 10.6 Å². The maximum absolute atomic E-state index is 12.9. The Morgan fingerprint density at radius 2 is 1.72 bits per heavy atom. The van der Waals surface area contributed by atoms with Gasteiger partial charge in [0.2, 0.25) is 5.91 Å². The van der Waals surface area contributed by atoms with E-state index in [4.69, 9.17) is 0 Å². The molecule has 150 valence electrons. The second-order valence-electron chi connectivity index (χ2n) is 5.70. The van der Waals surface area contributed by atoms with E-state index in [1.54, 1.807) is 5.38 Å². The second-order valence-corrected chi connectivity index (χ2v) is 8.28. The van der Waals surface area contributed by atoms with Gasteiger partial charge in [-0.25, -0.2) is 17.8 Å². The predicted molar refractivity (Wildman–Crippen MR) is 107 cm³/mol. The van der Waals surface area contributed by atoms with Crippen LogP contribution in [-0.2, 0) is 14.8 Å². The minimum atomic E-state index is -3.78. The Kier molecular flexibility index (Phi) is 6.20. The molecule has 0 aliphatic rings. The monoisotopic (exact) mass is 434 g/mol. The fourth-order valence-corrected chi connectivity index (χ4v) is 4.02. The van der Waals surface area contributed by atoms with Crippen LogP contribution in [0, 0.1) is 5.82 Å². The fourth-order valence-electron chi connectivity index (χ4n) is 2.23. The first kappa shape index (κ1) is 20.4. The summed E-state index contributed by atoms with van der Waals surface area (Å²) in [4.78, 5) is 27.8. The third-order valence-electron chi connectivity index (χ3n) is 3.62. The summed E-state index contributed by atoms with van der Waals surface area (Å²) in [7, 11) is -3.78. The number of thiazole rings is 1. The predicted octanol–water partition coefficient (Wildman–Crippen LogP) is 2.45. The molecule has 0 radical (unpaired) electrons. The minimum absolute atomic E-state index is 0.00955. The van der Waals surface area contributed by atoms with E-state index in [9.17, 15) is 22.4 Å². The Morgan fingerprint density at radius 3 is 2.34 bits per heavy atom. The van der Waals surface area contributed by atoms with Gasteiger partial charge in [0, 0.05) is 22.8 Å². The molecule has 0 bridgehead atoms. The minimum Gasteiger partial charge on any atom is -0.343 e. The van der Waals surface area contributed by atoms with E-state index in [-0.39, 0.29) is 22.1 Å². The summed E-state index contributed by atoms with van der Waals surface area (Å²) in [5.41, 5.74) is 0.584. The van der Waals surface area contributed by atoms with Gasteiger partial charge in [0.15, 0.2) is 5.13 Å². The van der Waals surface area contributed by atoms with Crippen LogP contribution in [0.1, 0.15) is 10.4 Å². The third-order valence-corrected chi connectivity index (χ3v) is 5.79. The number of rotatable bonds is 7. The van der Waals surface area contributed by atoms with Gasteiger partial charge >= 0.3 is 0 Å². The van der Waals surface area contributed by atoms with E-state index in [0.717, 1.165) is 23.5 Å². The van der Waals surface area contributed by atoms with Crippen molar-refractivity contribution in [1.29, 1.82) is 0 Å². The molecule has 29 heavy (non-hydrogen) atoms. The number of sulfonamides is 1. The van der Waals surface area contributed by atoms with E-state index in [1.165, 1.54) is 42.6 Å². The molecule has 0 fully saturated rings. The number of nitrogens with zero attached hydrogens (tertiary/aromatic N) is 1. The molecule has 0 saturated carbocycles. The second kappa shape index (κ2) is 8.80. The summed E-state index contributed by atoms with van der Waals surface area (Å²) < 4.78 is 39.7. The Morgan fingerprint density at radius 1 is 1.03 bits per heavy atom. The smallest absolute Gasteiger partial charge is 0.263 e. The highest BCUT2D eigenvalue weighted by molar-refractivity contribution is 7.93. The first-order valence-electron chi connectivity index (χ1n) is 8.19. The topological polar surface area (TPSA) is 117 Å². The molecule has 2 amide bonds. The van der Waals surface area contributed by atoms with Crippen molar-refractivity contribution in [2.45, 2.75) is 4.90 Å². The zero-order chi connectivity index (χ0) is 20.9. The zero-order valence-corrected chi connectivity index (χ0v) is 16.4. The molecule has 11 heteroatoms. The van der Waals surface area contributed by atoms with Crippen LogP contribution >= 0.6 is 11.3 Å². The Hall–Kier alpha value is -3.31. The lowest BCUT2D eigenvalue weighted by atomic mass is 10.2. The van der Waals surface area contributed by atoms with E-state index in [2.05, 4.69) is 20.3 Å². The van der Waals surface area contributed by atoms with Crippen molar-refractivity contribution in [2.75, 3.05) is 16.6 Å². The Labute approximate surface area is 169 Å². The molecule has 3 N–H and O–H groups in total. The first-order valence-corrected chi connectivity index (χ1v) is 10.6. The number of amides is 2. The number of hydrogen-bond donors (Lipinski definition) is 3. The van der Waals surface area contributed by atoms with Crippen LogP contribution in [0.5, 0.6) is 0 Å². The number of aromatic nitrogens is 1. The molecule has 1 heterocycles. The molecule has 3 rings (SSSR count). The van der Waals surface area contributed by atoms with Crippen molar-refractivity contribution in [3.8, 4) is 0 Å². The first-order chi connectivity index (χ1) is 13.8. The summed E-state index contributed by atoms with van der Waals surface area (Å²) in [6.45, 7) is -0.304. The average molecular weight is 434 g/mol. The number of anilines is 2. The zero-order valence-electron chi connectivity index (χ0n) is 14.8. The van der Waals surface area contributed by atoms with E-state index in [0.29, 0.717) is 5.69 Å². The van der Waals surface area contributed by atoms with Gasteiger partial charge in [0.25, 0.3) is 15.9 Å². The molecular formula is C18H15FN4O4S2. The van der Waals surface area contributed by atoms with Crippen LogP contribution in [0.3, 0.4) is 0 Å². The highest BCUT2D eigenvalue weighted by atomic mass is 32.2. The quantitative estimate of drug-likeness (QED) is 0.528. The lowest BCUT2D eigenvalue weighted by molar-refractivity contribution is -0.115. The molecule has 0 saturated heterocycles. The molecule has 0 atom stereocenters. The highest BCUT2D eigenvalue weighted by Crippen LogP contribution is 2.19. The number of benzene rings is 2. The van der Waals surface area contributed by atoms with Crippen molar-refractivity contribution in [2.24, 2.45) is 0 Å². The molecule has 0 spiro atoms. The number of nitrogens with one attached hydrogen (secondary N) is 3. The molecule has 8 nitrogen and oxygen atoms in total. The lowest BCUT2D eigenvalue weighted by Gasteiger charge is -2.09. The summed E-state index contributed by atoms with van der Waals surface area (Å²) in [5, 5.41) is 6.85. The van der Waals surface area contributed by atoms with Crippen LogP contribution in [0.4, 0.5) is 15.2 Å². The summed E-state index contributed by atoms with van der Waals surface area (Å²) in [5.74, 6) is -1.49. The molecular weight excluding hydrogens is 419 g/mol. The van der Waals surface area contributed by atoms with Gasteiger partial charge in [-0.2, -0.15) is 0 Å². The number of carbonyl (C=O) groups excluding carboxylic acids is 2. The van der Waals surface area contributed by atoms with E-state index >= 15 is 0 Å². The van der Waals surface area contributed by atoms with Gasteiger partial charge in [0.1, 0.15) is 5.82 Å². The molecule has 1 aromatic heterocycles. The highest BCUT2D eigenvalue weighted by Gasteiger charge is 2.15. The van der Waals surface area contributed by atoms with Gasteiger partial charge in [-0.1, -0.05) is 0 Å². The Bertz CT molecular complexity index is 1100. The largest absolute Gasteiger partial charge is 0.343 e. The Balaban J connectivity index is 1.54. The number of carbonyl (C=O) groups is 2.